The van der Waals surface area contributed by atoms with Gasteiger partial charge in [-0.05, 0) is 43.5 Å². The van der Waals surface area contributed by atoms with Crippen LogP contribution in [0.4, 0.5) is 0 Å². The molecular formula is C20H28ClN3O3S. The number of carbonyl (C=O) groups excluding carboxylic acids is 1. The first-order valence-electron chi connectivity index (χ1n) is 10.0. The van der Waals surface area contributed by atoms with Crippen molar-refractivity contribution in [3.8, 4) is 0 Å². The van der Waals surface area contributed by atoms with Crippen molar-refractivity contribution < 1.29 is 13.2 Å². The van der Waals surface area contributed by atoms with Crippen LogP contribution in [0.3, 0.4) is 0 Å². The van der Waals surface area contributed by atoms with Crippen molar-refractivity contribution >= 4 is 27.5 Å². The number of rotatable bonds is 3. The highest BCUT2D eigenvalue weighted by molar-refractivity contribution is 7.89. The highest BCUT2D eigenvalue weighted by atomic mass is 35.5. The number of benzene rings is 1. The number of sulfonamides is 1. The highest BCUT2D eigenvalue weighted by Gasteiger charge is 2.54. The average molecular weight is 426 g/mol. The standard InChI is InChI=1S/C20H28ClN3O3S/c1-22-9-11-23(12-10-22)19(25)18-14-24(15-20(18)7-2-3-8-20)28(26,27)17-6-4-5-16(21)13-17/h4-6,13,18H,2-3,7-12,14-15H2,1H3. The molecule has 1 aromatic carbocycles. The van der Waals surface area contributed by atoms with Crippen molar-refractivity contribution in [3.05, 3.63) is 29.3 Å². The molecule has 6 nitrogen and oxygen atoms in total. The van der Waals surface area contributed by atoms with Crippen molar-refractivity contribution in [2.45, 2.75) is 30.6 Å². The maximum absolute atomic E-state index is 13.4. The predicted molar refractivity (Wildman–Crippen MR) is 109 cm³/mol. The van der Waals surface area contributed by atoms with E-state index in [2.05, 4.69) is 11.9 Å². The number of halogens is 1. The molecule has 2 heterocycles. The molecule has 1 spiro atoms. The SMILES string of the molecule is CN1CCN(C(=O)C2CN(S(=O)(=O)c3cccc(Cl)c3)CC23CCCC3)CC1. The second-order valence-electron chi connectivity index (χ2n) is 8.51. The lowest BCUT2D eigenvalue weighted by Crippen LogP contribution is -2.51. The van der Waals surface area contributed by atoms with E-state index >= 15 is 0 Å². The van der Waals surface area contributed by atoms with Crippen LogP contribution in [0.1, 0.15) is 25.7 Å². The minimum atomic E-state index is -3.66. The molecular weight excluding hydrogens is 398 g/mol. The van der Waals surface area contributed by atoms with Crippen LogP contribution in [0.15, 0.2) is 29.2 Å². The van der Waals surface area contributed by atoms with Gasteiger partial charge < -0.3 is 9.80 Å². The van der Waals surface area contributed by atoms with E-state index in [0.29, 0.717) is 11.6 Å². The highest BCUT2D eigenvalue weighted by Crippen LogP contribution is 2.50. The summed E-state index contributed by atoms with van der Waals surface area (Å²) in [5, 5.41) is 0.404. The van der Waals surface area contributed by atoms with Crippen LogP contribution in [0, 0.1) is 11.3 Å². The summed E-state index contributed by atoms with van der Waals surface area (Å²) in [7, 11) is -1.60. The van der Waals surface area contributed by atoms with Crippen molar-refractivity contribution in [2.75, 3.05) is 46.3 Å². The molecule has 2 aliphatic heterocycles. The molecule has 4 rings (SSSR count). The lowest BCUT2D eigenvalue weighted by molar-refractivity contribution is -0.139. The molecule has 2 saturated heterocycles. The Bertz CT molecular complexity index is 846. The fourth-order valence-electron chi connectivity index (χ4n) is 5.06. The molecule has 0 bridgehead atoms. The molecule has 3 fully saturated rings. The Morgan fingerprint density at radius 1 is 1.14 bits per heavy atom. The predicted octanol–water partition coefficient (Wildman–Crippen LogP) is 2.29. The second-order valence-corrected chi connectivity index (χ2v) is 10.9. The van der Waals surface area contributed by atoms with E-state index in [1.165, 1.54) is 10.4 Å². The number of hydrogen-bond acceptors (Lipinski definition) is 4. The van der Waals surface area contributed by atoms with Gasteiger partial charge in [-0.2, -0.15) is 4.31 Å². The molecule has 0 aromatic heterocycles. The first kappa shape index (κ1) is 20.1. The number of nitrogens with zero attached hydrogens (tertiary/aromatic N) is 3. The van der Waals surface area contributed by atoms with Gasteiger partial charge in [0, 0.05) is 44.3 Å². The third-order valence-electron chi connectivity index (χ3n) is 6.76. The molecule has 154 valence electrons. The Kier molecular flexibility index (Phi) is 5.46. The Hall–Kier alpha value is -1.15. The number of amides is 1. The molecule has 3 aliphatic rings. The molecule has 1 saturated carbocycles. The van der Waals surface area contributed by atoms with Crippen LogP contribution < -0.4 is 0 Å². The van der Waals surface area contributed by atoms with Gasteiger partial charge in [-0.25, -0.2) is 8.42 Å². The van der Waals surface area contributed by atoms with E-state index in [9.17, 15) is 13.2 Å². The maximum Gasteiger partial charge on any atom is 0.243 e. The summed E-state index contributed by atoms with van der Waals surface area (Å²) in [5.41, 5.74) is -0.216. The van der Waals surface area contributed by atoms with Gasteiger partial charge in [-0.3, -0.25) is 4.79 Å². The quantitative estimate of drug-likeness (QED) is 0.745. The smallest absolute Gasteiger partial charge is 0.243 e. The van der Waals surface area contributed by atoms with Gasteiger partial charge in [0.25, 0.3) is 0 Å². The molecule has 1 aliphatic carbocycles. The zero-order chi connectivity index (χ0) is 19.9. The second kappa shape index (κ2) is 7.59. The molecule has 0 radical (unpaired) electrons. The zero-order valence-electron chi connectivity index (χ0n) is 16.3. The summed E-state index contributed by atoms with van der Waals surface area (Å²) in [4.78, 5) is 17.8. The van der Waals surface area contributed by atoms with Crippen molar-refractivity contribution in [3.63, 3.8) is 0 Å². The minimum Gasteiger partial charge on any atom is -0.340 e. The van der Waals surface area contributed by atoms with Gasteiger partial charge in [-0.15, -0.1) is 0 Å². The van der Waals surface area contributed by atoms with Crippen LogP contribution in [0.5, 0.6) is 0 Å². The number of hydrogen-bond donors (Lipinski definition) is 0. The van der Waals surface area contributed by atoms with Crippen LogP contribution >= 0.6 is 11.6 Å². The van der Waals surface area contributed by atoms with Crippen LogP contribution in [-0.4, -0.2) is 74.7 Å². The molecule has 1 amide bonds. The minimum absolute atomic E-state index is 0.138. The van der Waals surface area contributed by atoms with Gasteiger partial charge in [0.15, 0.2) is 0 Å². The third-order valence-corrected chi connectivity index (χ3v) is 8.81. The largest absolute Gasteiger partial charge is 0.340 e. The fraction of sp³-hybridized carbons (Fsp3) is 0.650. The Morgan fingerprint density at radius 2 is 1.82 bits per heavy atom. The average Bonchev–Trinajstić information content (AvgIpc) is 3.30. The fourth-order valence-corrected chi connectivity index (χ4v) is 6.91. The van der Waals surface area contributed by atoms with E-state index in [1.54, 1.807) is 18.2 Å². The first-order chi connectivity index (χ1) is 13.3. The van der Waals surface area contributed by atoms with E-state index in [-0.39, 0.29) is 28.7 Å². The van der Waals surface area contributed by atoms with E-state index < -0.39 is 10.0 Å². The zero-order valence-corrected chi connectivity index (χ0v) is 17.9. The maximum atomic E-state index is 13.4. The monoisotopic (exact) mass is 425 g/mol. The number of likely N-dealkylation sites (N-methyl/N-ethyl adjacent to an activating group) is 1. The lowest BCUT2D eigenvalue weighted by atomic mass is 9.76. The van der Waals surface area contributed by atoms with Gasteiger partial charge in [0.1, 0.15) is 0 Å². The van der Waals surface area contributed by atoms with Gasteiger partial charge in [0.2, 0.25) is 15.9 Å². The number of piperazine rings is 1. The molecule has 1 unspecified atom stereocenters. The molecule has 0 N–H and O–H groups in total. The third kappa shape index (κ3) is 3.58. The number of carbonyl (C=O) groups is 1. The van der Waals surface area contributed by atoms with Crippen molar-refractivity contribution in [2.24, 2.45) is 11.3 Å². The summed E-state index contributed by atoms with van der Waals surface area (Å²) in [5.74, 6) is -0.105. The molecule has 1 aromatic rings. The molecule has 1 atom stereocenters. The lowest BCUT2D eigenvalue weighted by Gasteiger charge is -2.37. The normalized spacial score (nSPS) is 26.2. The van der Waals surface area contributed by atoms with Gasteiger partial charge >= 0.3 is 0 Å². The van der Waals surface area contributed by atoms with Crippen molar-refractivity contribution in [1.82, 2.24) is 14.1 Å². The van der Waals surface area contributed by atoms with Crippen molar-refractivity contribution in [1.29, 1.82) is 0 Å². The first-order valence-corrected chi connectivity index (χ1v) is 11.9. The topological polar surface area (TPSA) is 60.9 Å². The Balaban J connectivity index is 1.60. The molecule has 8 heteroatoms. The van der Waals surface area contributed by atoms with Gasteiger partial charge in [-0.1, -0.05) is 30.5 Å². The summed E-state index contributed by atoms with van der Waals surface area (Å²) in [6.45, 7) is 3.91. The van der Waals surface area contributed by atoms with Gasteiger partial charge in [0.05, 0.1) is 10.8 Å². The molecule has 28 heavy (non-hydrogen) atoms. The Labute approximate surface area is 172 Å². The van der Waals surface area contributed by atoms with E-state index in [0.717, 1.165) is 51.9 Å². The summed E-state index contributed by atoms with van der Waals surface area (Å²) < 4.78 is 28.0. The van der Waals surface area contributed by atoms with E-state index in [1.807, 2.05) is 4.90 Å². The Morgan fingerprint density at radius 3 is 2.46 bits per heavy atom. The van der Waals surface area contributed by atoms with Crippen LogP contribution in [-0.2, 0) is 14.8 Å². The van der Waals surface area contributed by atoms with Crippen LogP contribution in [0.25, 0.3) is 0 Å². The summed E-state index contributed by atoms with van der Waals surface area (Å²) >= 11 is 6.02. The van der Waals surface area contributed by atoms with Crippen LogP contribution in [0.2, 0.25) is 5.02 Å². The summed E-state index contributed by atoms with van der Waals surface area (Å²) in [6.07, 6.45) is 3.99. The summed E-state index contributed by atoms with van der Waals surface area (Å²) in [6, 6.07) is 6.40. The van der Waals surface area contributed by atoms with E-state index in [4.69, 9.17) is 11.6 Å².